The summed E-state index contributed by atoms with van der Waals surface area (Å²) in [5.41, 5.74) is -0.638. The van der Waals surface area contributed by atoms with E-state index in [9.17, 15) is 13.2 Å². The second kappa shape index (κ2) is 3.35. The summed E-state index contributed by atoms with van der Waals surface area (Å²) >= 11 is 0. The predicted molar refractivity (Wildman–Crippen MR) is 57.5 cm³/mol. The number of rotatable bonds is 1. The maximum atomic E-state index is 12.3. The minimum absolute atomic E-state index is 0.562. The lowest BCUT2D eigenvalue weighted by Crippen LogP contribution is -2.04. The highest BCUT2D eigenvalue weighted by molar-refractivity contribution is 8.27. The summed E-state index contributed by atoms with van der Waals surface area (Å²) in [4.78, 5) is 0.562. The molecule has 0 saturated carbocycles. The predicted octanol–water partition coefficient (Wildman–Crippen LogP) is 3.36. The first kappa shape index (κ1) is 11.2. The normalized spacial score (nSPS) is 12.9. The van der Waals surface area contributed by atoms with Crippen LogP contribution in [0.2, 0.25) is 0 Å². The fraction of sp³-hybridized carbons (Fsp3) is 0.200. The lowest BCUT2D eigenvalue weighted by molar-refractivity contribution is -0.137. The van der Waals surface area contributed by atoms with Gasteiger partial charge in [0, 0.05) is 0 Å². The maximum absolute atomic E-state index is 12.3. The summed E-state index contributed by atoms with van der Waals surface area (Å²) in [7, 11) is -1.59. The molecule has 0 fully saturated rings. The molecule has 0 unspecified atom stereocenters. The van der Waals surface area contributed by atoms with Crippen LogP contribution in [0.15, 0.2) is 29.2 Å². The monoisotopic (exact) mass is 220 g/mol. The fourth-order valence-electron chi connectivity index (χ4n) is 0.979. The fourth-order valence-corrected chi connectivity index (χ4v) is 1.80. The van der Waals surface area contributed by atoms with Gasteiger partial charge in [-0.1, -0.05) is 17.8 Å². The Balaban J connectivity index is 3.29. The summed E-state index contributed by atoms with van der Waals surface area (Å²) in [5, 5.41) is 0. The highest BCUT2D eigenvalue weighted by atomic mass is 32.2. The third-order valence-electron chi connectivity index (χ3n) is 1.73. The number of alkyl halides is 3. The van der Waals surface area contributed by atoms with Gasteiger partial charge >= 0.3 is 6.18 Å². The Hall–Kier alpha value is -0.900. The van der Waals surface area contributed by atoms with Crippen LogP contribution < -0.4 is 0 Å². The van der Waals surface area contributed by atoms with E-state index in [1.165, 1.54) is 6.07 Å². The number of halogens is 3. The first-order valence-corrected chi connectivity index (χ1v) is 6.21. The van der Waals surface area contributed by atoms with Gasteiger partial charge in [-0.3, -0.25) is 0 Å². The molecule has 0 bridgehead atoms. The van der Waals surface area contributed by atoms with E-state index in [0.717, 1.165) is 12.1 Å². The molecule has 0 aliphatic rings. The minimum Gasteiger partial charge on any atom is -0.190 e. The largest absolute Gasteiger partial charge is 0.416 e. The van der Waals surface area contributed by atoms with Crippen molar-refractivity contribution in [2.45, 2.75) is 11.1 Å². The zero-order valence-corrected chi connectivity index (χ0v) is 8.58. The second-order valence-electron chi connectivity index (χ2n) is 3.30. The number of benzene rings is 1. The minimum atomic E-state index is -4.29. The van der Waals surface area contributed by atoms with Gasteiger partial charge in [-0.15, -0.1) is 0 Å². The van der Waals surface area contributed by atoms with Crippen molar-refractivity contribution in [1.82, 2.24) is 0 Å². The van der Waals surface area contributed by atoms with Crippen molar-refractivity contribution < 1.29 is 13.2 Å². The molecule has 1 aromatic carbocycles. The van der Waals surface area contributed by atoms with Gasteiger partial charge in [0.15, 0.2) is 0 Å². The SMILES string of the molecule is C=S(=C)(C)c1cccc(C(F)(F)F)c1. The molecule has 0 atom stereocenters. The third-order valence-corrected chi connectivity index (χ3v) is 3.12. The highest BCUT2D eigenvalue weighted by Crippen LogP contribution is 2.34. The van der Waals surface area contributed by atoms with Crippen LogP contribution in [0, 0.1) is 0 Å². The van der Waals surface area contributed by atoms with Crippen molar-refractivity contribution in [3.05, 3.63) is 29.8 Å². The van der Waals surface area contributed by atoms with E-state index in [-0.39, 0.29) is 0 Å². The van der Waals surface area contributed by atoms with E-state index in [1.54, 1.807) is 12.3 Å². The van der Waals surface area contributed by atoms with Gasteiger partial charge in [0.2, 0.25) is 0 Å². The molecule has 1 aromatic rings. The Bertz CT molecular complexity index is 427. The molecule has 0 radical (unpaired) electrons. The van der Waals surface area contributed by atoms with Crippen molar-refractivity contribution >= 4 is 20.9 Å². The van der Waals surface area contributed by atoms with E-state index in [0.29, 0.717) is 4.90 Å². The van der Waals surface area contributed by atoms with Crippen molar-refractivity contribution in [2.75, 3.05) is 6.26 Å². The van der Waals surface area contributed by atoms with E-state index >= 15 is 0 Å². The summed E-state index contributed by atoms with van der Waals surface area (Å²) in [6.07, 6.45) is -2.54. The molecule has 14 heavy (non-hydrogen) atoms. The van der Waals surface area contributed by atoms with Crippen LogP contribution in [-0.4, -0.2) is 18.0 Å². The lowest BCUT2D eigenvalue weighted by atomic mass is 10.2. The molecule has 0 spiro atoms. The third kappa shape index (κ3) is 2.54. The molecule has 4 heteroatoms. The molecule has 0 heterocycles. The first-order valence-electron chi connectivity index (χ1n) is 3.83. The quantitative estimate of drug-likeness (QED) is 0.636. The van der Waals surface area contributed by atoms with Crippen LogP contribution in [0.4, 0.5) is 13.2 Å². The topological polar surface area (TPSA) is 0 Å². The van der Waals surface area contributed by atoms with Crippen LogP contribution in [0.1, 0.15) is 5.56 Å². The maximum Gasteiger partial charge on any atom is 0.416 e. The highest BCUT2D eigenvalue weighted by Gasteiger charge is 2.30. The van der Waals surface area contributed by atoms with Crippen LogP contribution in [0.25, 0.3) is 0 Å². The first-order chi connectivity index (χ1) is 6.21. The average Bonchev–Trinajstić information content (AvgIpc) is 2.01. The van der Waals surface area contributed by atoms with Gasteiger partial charge in [-0.05, 0) is 29.4 Å². The molecule has 0 aliphatic heterocycles. The summed E-state index contributed by atoms with van der Waals surface area (Å²) in [5.74, 6) is 7.54. The molecule has 0 nitrogen and oxygen atoms in total. The zero-order valence-electron chi connectivity index (χ0n) is 7.77. The Labute approximate surface area is 81.9 Å². The van der Waals surface area contributed by atoms with Gasteiger partial charge in [0.25, 0.3) is 0 Å². The molecular formula is C10H11F3S. The Kier molecular flexibility index (Phi) is 2.67. The van der Waals surface area contributed by atoms with Gasteiger partial charge in [0.05, 0.1) is 5.56 Å². The summed E-state index contributed by atoms with van der Waals surface area (Å²) in [6.45, 7) is 0. The van der Waals surface area contributed by atoms with Gasteiger partial charge in [-0.25, -0.2) is 0 Å². The average molecular weight is 220 g/mol. The summed E-state index contributed by atoms with van der Waals surface area (Å²) < 4.78 is 37.0. The molecular weight excluding hydrogens is 209 g/mol. The lowest BCUT2D eigenvalue weighted by Gasteiger charge is -2.11. The van der Waals surface area contributed by atoms with Gasteiger partial charge in [0.1, 0.15) is 0 Å². The van der Waals surface area contributed by atoms with E-state index in [1.807, 2.05) is 0 Å². The van der Waals surface area contributed by atoms with Gasteiger partial charge < -0.3 is 0 Å². The standard InChI is InChI=1S/C10H11F3S/c1-14(2,3)9-6-4-5-8(7-9)10(11,12)13/h4-7H,1-2H2,3H3. The van der Waals surface area contributed by atoms with Gasteiger partial charge in [-0.2, -0.15) is 22.4 Å². The van der Waals surface area contributed by atoms with Crippen molar-refractivity contribution in [1.29, 1.82) is 0 Å². The van der Waals surface area contributed by atoms with Crippen molar-refractivity contribution in [3.63, 3.8) is 0 Å². The molecule has 0 aliphatic carbocycles. The molecule has 1 rings (SSSR count). The molecule has 0 saturated heterocycles. The molecule has 0 amide bonds. The van der Waals surface area contributed by atoms with Crippen LogP contribution in [-0.2, 0) is 6.18 Å². The van der Waals surface area contributed by atoms with Crippen LogP contribution in [0.5, 0.6) is 0 Å². The molecule has 0 N–H and O–H groups in total. The summed E-state index contributed by atoms with van der Waals surface area (Å²) in [6, 6.07) is 5.19. The molecule has 78 valence electrons. The van der Waals surface area contributed by atoms with E-state index in [2.05, 4.69) is 11.7 Å². The van der Waals surface area contributed by atoms with E-state index in [4.69, 9.17) is 0 Å². The second-order valence-corrected chi connectivity index (χ2v) is 6.32. The van der Waals surface area contributed by atoms with Crippen LogP contribution in [0.3, 0.4) is 0 Å². The molecule has 0 aromatic heterocycles. The number of hydrogen-bond donors (Lipinski definition) is 0. The smallest absolute Gasteiger partial charge is 0.190 e. The van der Waals surface area contributed by atoms with E-state index < -0.39 is 20.9 Å². The zero-order chi connectivity index (χ0) is 11.0. The Morgan fingerprint density at radius 3 is 2.21 bits per heavy atom. The Morgan fingerprint density at radius 1 is 1.21 bits per heavy atom. The van der Waals surface area contributed by atoms with Crippen LogP contribution >= 0.6 is 9.21 Å². The Morgan fingerprint density at radius 2 is 1.79 bits per heavy atom. The van der Waals surface area contributed by atoms with Crippen molar-refractivity contribution in [3.8, 4) is 0 Å². The number of hydrogen-bond acceptors (Lipinski definition) is 0. The van der Waals surface area contributed by atoms with Crippen molar-refractivity contribution in [2.24, 2.45) is 0 Å².